The Morgan fingerprint density at radius 2 is 1.86 bits per heavy atom. The fraction of sp³-hybridized carbons (Fsp3) is 0.550. The van der Waals surface area contributed by atoms with E-state index in [0.29, 0.717) is 23.9 Å². The first-order chi connectivity index (χ1) is 13.2. The first kappa shape index (κ1) is 20.6. The molecule has 0 radical (unpaired) electrons. The number of likely N-dealkylation sites (tertiary alicyclic amines) is 1. The number of carboxylic acid groups (broad SMARTS) is 1. The number of amides is 1. The summed E-state index contributed by atoms with van der Waals surface area (Å²) in [7, 11) is 0. The summed E-state index contributed by atoms with van der Waals surface area (Å²) in [6, 6.07) is 6.91. The van der Waals surface area contributed by atoms with E-state index < -0.39 is 11.6 Å². The molecule has 0 spiro atoms. The molecule has 1 aliphatic rings. The summed E-state index contributed by atoms with van der Waals surface area (Å²) in [5.74, 6) is 0. The zero-order chi connectivity index (χ0) is 20.5. The summed E-state index contributed by atoms with van der Waals surface area (Å²) in [6.07, 6.45) is 0.715. The lowest BCUT2D eigenvalue weighted by atomic mass is 9.97. The Hall–Kier alpha value is -2.12. The third-order valence-electron chi connectivity index (χ3n) is 5.29. The molecular formula is C20H27ClN4O3. The Balaban J connectivity index is 1.66. The molecule has 3 rings (SSSR count). The summed E-state index contributed by atoms with van der Waals surface area (Å²) < 4.78 is 1.66. The number of fused-ring (bicyclic) bond motifs is 1. The van der Waals surface area contributed by atoms with Gasteiger partial charge in [-0.05, 0) is 51.8 Å². The van der Waals surface area contributed by atoms with Gasteiger partial charge in [0.1, 0.15) is 10.8 Å². The molecule has 7 nitrogen and oxygen atoms in total. The monoisotopic (exact) mass is 406 g/mol. The van der Waals surface area contributed by atoms with Gasteiger partial charge in [0, 0.05) is 49.2 Å². The molecule has 3 heterocycles. The quantitative estimate of drug-likeness (QED) is 0.788. The topological polar surface area (TPSA) is 78.7 Å². The van der Waals surface area contributed by atoms with E-state index in [1.165, 1.54) is 0 Å². The number of rotatable bonds is 4. The number of hydrogen-bond acceptors (Lipinski definition) is 4. The third kappa shape index (κ3) is 4.47. The van der Waals surface area contributed by atoms with E-state index in [1.54, 1.807) is 27.7 Å². The van der Waals surface area contributed by atoms with Gasteiger partial charge in [0.05, 0.1) is 0 Å². The highest BCUT2D eigenvalue weighted by Gasteiger charge is 2.35. The Bertz CT molecular complexity index is 914. The molecule has 28 heavy (non-hydrogen) atoms. The fourth-order valence-corrected chi connectivity index (χ4v) is 4.13. The van der Waals surface area contributed by atoms with Crippen LogP contribution >= 0.6 is 11.6 Å². The number of piperidine rings is 1. The van der Waals surface area contributed by atoms with Gasteiger partial charge in [-0.15, -0.1) is 0 Å². The van der Waals surface area contributed by atoms with Gasteiger partial charge in [0.2, 0.25) is 0 Å². The molecule has 1 fully saturated rings. The first-order valence-corrected chi connectivity index (χ1v) is 9.95. The van der Waals surface area contributed by atoms with E-state index in [0.717, 1.165) is 31.3 Å². The number of hydrogen-bond donors (Lipinski definition) is 1. The SMILES string of the molecule is CC(C)(C)N(C(=O)O)C1CCN(CCn2c(=O)ccc3ccc(Cl)nc32)CC1. The molecule has 0 atom stereocenters. The van der Waals surface area contributed by atoms with Crippen molar-refractivity contribution in [2.75, 3.05) is 19.6 Å². The zero-order valence-corrected chi connectivity index (χ0v) is 17.3. The van der Waals surface area contributed by atoms with Crippen LogP contribution in [0, 0.1) is 0 Å². The van der Waals surface area contributed by atoms with Crippen LogP contribution in [-0.4, -0.2) is 61.8 Å². The van der Waals surface area contributed by atoms with Crippen LogP contribution in [0.1, 0.15) is 33.6 Å². The van der Waals surface area contributed by atoms with E-state index in [2.05, 4.69) is 9.88 Å². The second kappa shape index (κ2) is 8.09. The molecule has 1 amide bonds. The largest absolute Gasteiger partial charge is 0.465 e. The average Bonchev–Trinajstić information content (AvgIpc) is 2.60. The number of nitrogens with zero attached hydrogens (tertiary/aromatic N) is 4. The summed E-state index contributed by atoms with van der Waals surface area (Å²) in [6.45, 7) is 8.63. The maximum Gasteiger partial charge on any atom is 0.407 e. The predicted molar refractivity (Wildman–Crippen MR) is 110 cm³/mol. The van der Waals surface area contributed by atoms with Crippen LogP contribution in [0.5, 0.6) is 0 Å². The number of halogens is 1. The van der Waals surface area contributed by atoms with E-state index in [1.807, 2.05) is 26.8 Å². The van der Waals surface area contributed by atoms with Crippen molar-refractivity contribution in [3.63, 3.8) is 0 Å². The van der Waals surface area contributed by atoms with Gasteiger partial charge in [-0.25, -0.2) is 9.78 Å². The van der Waals surface area contributed by atoms with Crippen LogP contribution in [0.4, 0.5) is 4.79 Å². The lowest BCUT2D eigenvalue weighted by molar-refractivity contribution is 0.0417. The summed E-state index contributed by atoms with van der Waals surface area (Å²) in [5, 5.41) is 10.8. The van der Waals surface area contributed by atoms with Gasteiger partial charge >= 0.3 is 6.09 Å². The normalized spacial score (nSPS) is 16.4. The zero-order valence-electron chi connectivity index (χ0n) is 16.6. The predicted octanol–water partition coefficient (Wildman–Crippen LogP) is 3.29. The molecule has 0 unspecified atom stereocenters. The molecule has 0 aliphatic carbocycles. The van der Waals surface area contributed by atoms with Gasteiger partial charge < -0.3 is 14.9 Å². The van der Waals surface area contributed by atoms with Crippen molar-refractivity contribution in [3.05, 3.63) is 39.8 Å². The third-order valence-corrected chi connectivity index (χ3v) is 5.50. The van der Waals surface area contributed by atoms with Crippen LogP contribution in [0.3, 0.4) is 0 Å². The van der Waals surface area contributed by atoms with Crippen LogP contribution in [0.25, 0.3) is 11.0 Å². The molecule has 2 aromatic heterocycles. The van der Waals surface area contributed by atoms with Crippen molar-refractivity contribution in [3.8, 4) is 0 Å². The minimum atomic E-state index is -0.865. The number of carbonyl (C=O) groups is 1. The van der Waals surface area contributed by atoms with Gasteiger partial charge in [0.15, 0.2) is 0 Å². The van der Waals surface area contributed by atoms with E-state index >= 15 is 0 Å². The highest BCUT2D eigenvalue weighted by Crippen LogP contribution is 2.24. The summed E-state index contributed by atoms with van der Waals surface area (Å²) >= 11 is 6.01. The van der Waals surface area contributed by atoms with Crippen molar-refractivity contribution in [2.24, 2.45) is 0 Å². The second-order valence-electron chi connectivity index (χ2n) is 8.27. The van der Waals surface area contributed by atoms with Crippen LogP contribution in [-0.2, 0) is 6.54 Å². The minimum absolute atomic E-state index is 0.0227. The summed E-state index contributed by atoms with van der Waals surface area (Å²) in [5.41, 5.74) is 0.0847. The molecule has 0 aromatic carbocycles. The highest BCUT2D eigenvalue weighted by molar-refractivity contribution is 6.29. The second-order valence-corrected chi connectivity index (χ2v) is 8.65. The molecule has 1 aliphatic heterocycles. The fourth-order valence-electron chi connectivity index (χ4n) is 3.99. The van der Waals surface area contributed by atoms with Gasteiger partial charge in [-0.3, -0.25) is 9.36 Å². The van der Waals surface area contributed by atoms with Crippen molar-refractivity contribution < 1.29 is 9.90 Å². The van der Waals surface area contributed by atoms with Gasteiger partial charge in [-0.2, -0.15) is 0 Å². The highest BCUT2D eigenvalue weighted by atomic mass is 35.5. The maximum atomic E-state index is 12.3. The Labute approximate surface area is 169 Å². The van der Waals surface area contributed by atoms with E-state index in [4.69, 9.17) is 11.6 Å². The molecular weight excluding hydrogens is 380 g/mol. The Morgan fingerprint density at radius 3 is 2.46 bits per heavy atom. The van der Waals surface area contributed by atoms with Gasteiger partial charge in [0.25, 0.3) is 5.56 Å². The standard InChI is InChI=1S/C20H27ClN4O3/c1-20(2,3)25(19(27)28)15-8-10-23(11-9-15)12-13-24-17(26)7-5-14-4-6-16(21)22-18(14)24/h4-7,15H,8-13H2,1-3H3,(H,27,28). The lowest BCUT2D eigenvalue weighted by Gasteiger charge is -2.43. The Kier molecular flexibility index (Phi) is 5.95. The van der Waals surface area contributed by atoms with Crippen molar-refractivity contribution >= 4 is 28.7 Å². The van der Waals surface area contributed by atoms with Crippen molar-refractivity contribution in [2.45, 2.75) is 51.7 Å². The molecule has 1 saturated heterocycles. The molecule has 0 bridgehead atoms. The Morgan fingerprint density at radius 1 is 1.21 bits per heavy atom. The van der Waals surface area contributed by atoms with Crippen LogP contribution in [0.15, 0.2) is 29.1 Å². The summed E-state index contributed by atoms with van der Waals surface area (Å²) in [4.78, 5) is 32.2. The molecule has 0 saturated carbocycles. The molecule has 8 heteroatoms. The number of pyridine rings is 2. The van der Waals surface area contributed by atoms with E-state index in [9.17, 15) is 14.7 Å². The van der Waals surface area contributed by atoms with Gasteiger partial charge in [-0.1, -0.05) is 11.6 Å². The van der Waals surface area contributed by atoms with Crippen molar-refractivity contribution in [1.29, 1.82) is 0 Å². The molecule has 152 valence electrons. The van der Waals surface area contributed by atoms with Crippen LogP contribution in [0.2, 0.25) is 5.15 Å². The molecule has 2 aromatic rings. The average molecular weight is 407 g/mol. The lowest BCUT2D eigenvalue weighted by Crippen LogP contribution is -2.54. The first-order valence-electron chi connectivity index (χ1n) is 9.57. The number of aromatic nitrogens is 2. The maximum absolute atomic E-state index is 12.3. The molecule has 1 N–H and O–H groups in total. The minimum Gasteiger partial charge on any atom is -0.465 e. The van der Waals surface area contributed by atoms with Crippen molar-refractivity contribution in [1.82, 2.24) is 19.4 Å². The smallest absolute Gasteiger partial charge is 0.407 e. The van der Waals surface area contributed by atoms with Crippen LogP contribution < -0.4 is 5.56 Å². The van der Waals surface area contributed by atoms with E-state index in [-0.39, 0.29) is 11.6 Å².